The number of rotatable bonds is 0. The molecule has 1 heterocycles. The number of pyridine rings is 1. The van der Waals surface area contributed by atoms with Gasteiger partial charge in [-0.1, -0.05) is 0 Å². The fourth-order valence-electron chi connectivity index (χ4n) is 1.17. The number of para-hydroxylation sites is 1. The Hall–Kier alpha value is -0.308. The summed E-state index contributed by atoms with van der Waals surface area (Å²) in [6, 6.07) is 10.4. The molecule has 2 rings (SSSR count). The van der Waals surface area contributed by atoms with Gasteiger partial charge in [0.15, 0.2) is 0 Å². The Morgan fingerprint density at radius 1 is 1.08 bits per heavy atom. The number of aromatic nitrogens is 1. The van der Waals surface area contributed by atoms with Crippen LogP contribution in [-0.2, 0) is 17.1 Å². The summed E-state index contributed by atoms with van der Waals surface area (Å²) in [5.74, 6) is 0. The van der Waals surface area contributed by atoms with Crippen LogP contribution in [0.4, 0.5) is 0 Å². The second kappa shape index (κ2) is 4.08. The van der Waals surface area contributed by atoms with Gasteiger partial charge in [-0.15, -0.1) is 0 Å². The van der Waals surface area contributed by atoms with Gasteiger partial charge in [0.25, 0.3) is 0 Å². The van der Waals surface area contributed by atoms with Gasteiger partial charge in [-0.05, 0) is 0 Å². The number of benzene rings is 1. The Kier molecular flexibility index (Phi) is 3.32. The fraction of sp³-hybridized carbons (Fsp3) is 0. The summed E-state index contributed by atoms with van der Waals surface area (Å²) in [6.07, 6.45) is 1.85. The van der Waals surface area contributed by atoms with Gasteiger partial charge in [0.2, 0.25) is 0 Å². The Bertz CT molecular complexity index is 384. The van der Waals surface area contributed by atoms with E-state index < -0.39 is 0 Å². The first-order valence-corrected chi connectivity index (χ1v) is 5.02. The van der Waals surface area contributed by atoms with Crippen molar-refractivity contribution in [3.8, 4) is 0 Å². The molecule has 2 aromatic rings. The van der Waals surface area contributed by atoms with Crippen molar-refractivity contribution < 1.29 is 17.1 Å². The van der Waals surface area contributed by atoms with E-state index in [4.69, 9.17) is 0 Å². The van der Waals surface area contributed by atoms with Gasteiger partial charge in [0.05, 0.1) is 0 Å². The van der Waals surface area contributed by atoms with Crippen LogP contribution in [0.1, 0.15) is 0 Å². The van der Waals surface area contributed by atoms with Gasteiger partial charge in [-0.2, -0.15) is 0 Å². The third-order valence-electron chi connectivity index (χ3n) is 1.72. The fourth-order valence-corrected chi connectivity index (χ4v) is 2.07. The SMILES string of the molecule is [Cu].[GeH2][c]1cccc2cccnc12. The van der Waals surface area contributed by atoms with E-state index in [1.54, 1.807) is 0 Å². The molecule has 0 aliphatic heterocycles. The molecular weight excluding hydrogens is 258 g/mol. The second-order valence-corrected chi connectivity index (χ2v) is 4.09. The van der Waals surface area contributed by atoms with E-state index in [0.29, 0.717) is 0 Å². The van der Waals surface area contributed by atoms with Crippen molar-refractivity contribution in [2.45, 2.75) is 0 Å². The van der Waals surface area contributed by atoms with Crippen molar-refractivity contribution in [2.75, 3.05) is 0 Å². The summed E-state index contributed by atoms with van der Waals surface area (Å²) >= 11 is 1.17. The Balaban J connectivity index is 0.000000720. The van der Waals surface area contributed by atoms with E-state index in [0.717, 1.165) is 5.52 Å². The Morgan fingerprint density at radius 3 is 2.58 bits per heavy atom. The molecule has 2 radical (unpaired) electrons. The summed E-state index contributed by atoms with van der Waals surface area (Å²) in [6.45, 7) is 0. The molecule has 0 aliphatic rings. The van der Waals surface area contributed by atoms with Crippen molar-refractivity contribution in [3.05, 3.63) is 36.5 Å². The van der Waals surface area contributed by atoms with Crippen molar-refractivity contribution in [1.82, 2.24) is 4.98 Å². The quantitative estimate of drug-likeness (QED) is 0.633. The first-order valence-electron chi connectivity index (χ1n) is 3.53. The molecule has 0 fully saturated rings. The summed E-state index contributed by atoms with van der Waals surface area (Å²) < 4.78 is 1.36. The molecule has 64 valence electrons. The van der Waals surface area contributed by atoms with E-state index in [-0.39, 0.29) is 17.1 Å². The van der Waals surface area contributed by atoms with Gasteiger partial charge in [0, 0.05) is 17.1 Å². The zero-order valence-electron chi connectivity index (χ0n) is 6.42. The molecule has 0 unspecified atom stereocenters. The Morgan fingerprint density at radius 2 is 1.83 bits per heavy atom. The maximum atomic E-state index is 4.31. The molecule has 0 bridgehead atoms. The van der Waals surface area contributed by atoms with Crippen LogP contribution in [0.5, 0.6) is 0 Å². The third kappa shape index (κ3) is 1.71. The molecule has 0 N–H and O–H groups in total. The third-order valence-corrected chi connectivity index (χ3v) is 2.91. The monoisotopic (exact) mass is 267 g/mol. The molecule has 1 nitrogen and oxygen atoms in total. The molecule has 0 amide bonds. The number of fused-ring (bicyclic) bond motifs is 1. The first kappa shape index (κ1) is 9.78. The molecule has 0 saturated heterocycles. The summed E-state index contributed by atoms with van der Waals surface area (Å²) in [4.78, 5) is 4.31. The normalized spacial score (nSPS) is 9.42. The molecule has 0 saturated carbocycles. The molecule has 0 atom stereocenters. The molecular formula is C9H8CuGeN. The average Bonchev–Trinajstić information content (AvgIpc) is 2.06. The zero-order chi connectivity index (χ0) is 7.68. The van der Waals surface area contributed by atoms with Gasteiger partial charge in [-0.25, -0.2) is 0 Å². The summed E-state index contributed by atoms with van der Waals surface area (Å²) in [7, 11) is 0. The van der Waals surface area contributed by atoms with Crippen LogP contribution in [0.3, 0.4) is 0 Å². The van der Waals surface area contributed by atoms with E-state index in [9.17, 15) is 0 Å². The van der Waals surface area contributed by atoms with Crippen molar-refractivity contribution in [3.63, 3.8) is 0 Å². The molecule has 12 heavy (non-hydrogen) atoms. The van der Waals surface area contributed by atoms with Crippen LogP contribution in [0.15, 0.2) is 36.5 Å². The van der Waals surface area contributed by atoms with Crippen LogP contribution in [-0.4, -0.2) is 21.5 Å². The first-order chi connectivity index (χ1) is 5.38. The molecule has 0 aliphatic carbocycles. The van der Waals surface area contributed by atoms with Crippen LogP contribution in [0.25, 0.3) is 10.9 Å². The van der Waals surface area contributed by atoms with E-state index in [1.165, 1.54) is 26.3 Å². The molecule has 3 heteroatoms. The molecule has 1 aromatic carbocycles. The van der Waals surface area contributed by atoms with Crippen LogP contribution >= 0.6 is 0 Å². The average molecular weight is 266 g/mol. The zero-order valence-corrected chi connectivity index (χ0v) is 10.3. The predicted molar refractivity (Wildman–Crippen MR) is 49.9 cm³/mol. The minimum absolute atomic E-state index is 0. The van der Waals surface area contributed by atoms with Crippen molar-refractivity contribution >= 4 is 31.8 Å². The van der Waals surface area contributed by atoms with Crippen LogP contribution in [0.2, 0.25) is 0 Å². The van der Waals surface area contributed by atoms with Gasteiger partial charge in [0.1, 0.15) is 0 Å². The number of hydrogen-bond acceptors (Lipinski definition) is 1. The molecule has 1 aromatic heterocycles. The topological polar surface area (TPSA) is 12.9 Å². The van der Waals surface area contributed by atoms with E-state index in [2.05, 4.69) is 29.2 Å². The van der Waals surface area contributed by atoms with Crippen molar-refractivity contribution in [1.29, 1.82) is 0 Å². The van der Waals surface area contributed by atoms with Crippen LogP contribution < -0.4 is 4.40 Å². The van der Waals surface area contributed by atoms with E-state index >= 15 is 0 Å². The van der Waals surface area contributed by atoms with E-state index in [1.807, 2.05) is 12.3 Å². The van der Waals surface area contributed by atoms with Gasteiger partial charge in [-0.3, -0.25) is 0 Å². The predicted octanol–water partition coefficient (Wildman–Crippen LogP) is 0.491. The number of hydrogen-bond donors (Lipinski definition) is 0. The second-order valence-electron chi connectivity index (χ2n) is 2.49. The van der Waals surface area contributed by atoms with Gasteiger partial charge >= 0.3 is 73.3 Å². The standard InChI is InChI=1S/C9H8GeN.Cu/c10-8-5-1-3-7-4-2-6-11-9(7)8;/h1-6H,10H2;. The number of nitrogens with zero attached hydrogens (tertiary/aromatic N) is 1. The Labute approximate surface area is 90.3 Å². The minimum atomic E-state index is 0. The van der Waals surface area contributed by atoms with Crippen molar-refractivity contribution in [2.24, 2.45) is 0 Å². The van der Waals surface area contributed by atoms with Crippen LogP contribution in [0, 0.1) is 0 Å². The summed E-state index contributed by atoms with van der Waals surface area (Å²) in [5, 5.41) is 1.25. The summed E-state index contributed by atoms with van der Waals surface area (Å²) in [5.41, 5.74) is 1.16. The van der Waals surface area contributed by atoms with Gasteiger partial charge < -0.3 is 0 Å². The molecule has 0 spiro atoms. The maximum absolute atomic E-state index is 4.31.